The van der Waals surface area contributed by atoms with Crippen LogP contribution in [0.15, 0.2) is 40.3 Å². The Hall–Kier alpha value is -1.19. The van der Waals surface area contributed by atoms with E-state index in [0.29, 0.717) is 10.8 Å². The quantitative estimate of drug-likeness (QED) is 0.831. The lowest BCUT2D eigenvalue weighted by atomic mass is 10.1. The molecule has 0 amide bonds. The molecule has 1 aromatic carbocycles. The van der Waals surface area contributed by atoms with Gasteiger partial charge in [-0.2, -0.15) is 0 Å². The molecule has 2 rings (SSSR count). The van der Waals surface area contributed by atoms with Crippen LogP contribution in [0.4, 0.5) is 5.69 Å². The fraction of sp³-hybridized carbons (Fsp3) is 0.154. The molecule has 2 aromatic rings. The number of nitrogens with two attached hydrogens (primary N) is 1. The molecule has 88 valence electrons. The highest BCUT2D eigenvalue weighted by molar-refractivity contribution is 7.99. The number of pyridine rings is 1. The van der Waals surface area contributed by atoms with Gasteiger partial charge in [0, 0.05) is 10.6 Å². The molecule has 0 bridgehead atoms. The Morgan fingerprint density at radius 3 is 2.53 bits per heavy atom. The van der Waals surface area contributed by atoms with E-state index in [0.717, 1.165) is 9.92 Å². The molecule has 0 aliphatic carbocycles. The summed E-state index contributed by atoms with van der Waals surface area (Å²) in [5, 5.41) is 1.24. The summed E-state index contributed by atoms with van der Waals surface area (Å²) < 4.78 is 0. The van der Waals surface area contributed by atoms with Gasteiger partial charge >= 0.3 is 0 Å². The van der Waals surface area contributed by atoms with Gasteiger partial charge in [0.25, 0.3) is 0 Å². The summed E-state index contributed by atoms with van der Waals surface area (Å²) in [5.74, 6) is 0. The van der Waals surface area contributed by atoms with Crippen LogP contribution >= 0.6 is 23.4 Å². The SMILES string of the molecule is Cc1ccc(Sc2cc(N)cc(Cl)n2)cc1C. The summed E-state index contributed by atoms with van der Waals surface area (Å²) in [7, 11) is 0. The minimum Gasteiger partial charge on any atom is -0.399 e. The van der Waals surface area contributed by atoms with Crippen molar-refractivity contribution in [2.75, 3.05) is 5.73 Å². The molecule has 0 saturated heterocycles. The van der Waals surface area contributed by atoms with Gasteiger partial charge in [0.2, 0.25) is 0 Å². The number of aryl methyl sites for hydroxylation is 2. The number of aromatic nitrogens is 1. The first-order valence-electron chi connectivity index (χ1n) is 5.23. The number of rotatable bonds is 2. The number of benzene rings is 1. The van der Waals surface area contributed by atoms with Crippen LogP contribution in [0.1, 0.15) is 11.1 Å². The van der Waals surface area contributed by atoms with Crippen LogP contribution in [-0.4, -0.2) is 4.98 Å². The van der Waals surface area contributed by atoms with Crippen molar-refractivity contribution in [3.05, 3.63) is 46.6 Å². The number of anilines is 1. The van der Waals surface area contributed by atoms with Gasteiger partial charge < -0.3 is 5.73 Å². The summed E-state index contributed by atoms with van der Waals surface area (Å²) in [5.41, 5.74) is 8.92. The second kappa shape index (κ2) is 4.98. The van der Waals surface area contributed by atoms with E-state index in [1.165, 1.54) is 11.1 Å². The molecule has 0 spiro atoms. The molecule has 17 heavy (non-hydrogen) atoms. The molecular formula is C13H13ClN2S. The second-order valence-electron chi connectivity index (χ2n) is 3.91. The molecule has 0 aliphatic rings. The predicted molar refractivity (Wildman–Crippen MR) is 73.7 cm³/mol. The topological polar surface area (TPSA) is 38.9 Å². The highest BCUT2D eigenvalue weighted by Gasteiger charge is 2.03. The van der Waals surface area contributed by atoms with Crippen LogP contribution in [0.5, 0.6) is 0 Å². The molecule has 0 atom stereocenters. The van der Waals surface area contributed by atoms with Crippen molar-refractivity contribution >= 4 is 29.1 Å². The van der Waals surface area contributed by atoms with Crippen LogP contribution in [0.2, 0.25) is 5.15 Å². The molecule has 0 aliphatic heterocycles. The Kier molecular flexibility index (Phi) is 3.60. The number of halogens is 1. The summed E-state index contributed by atoms with van der Waals surface area (Å²) in [6, 6.07) is 9.79. The molecule has 1 aromatic heterocycles. The van der Waals surface area contributed by atoms with Gasteiger partial charge in [-0.15, -0.1) is 0 Å². The van der Waals surface area contributed by atoms with Crippen molar-refractivity contribution in [2.45, 2.75) is 23.8 Å². The average molecular weight is 265 g/mol. The standard InChI is InChI=1S/C13H13ClN2S/c1-8-3-4-11(5-9(8)2)17-13-7-10(15)6-12(14)16-13/h3-7H,1-2H3,(H2,15,16). The minimum atomic E-state index is 0.427. The zero-order chi connectivity index (χ0) is 12.4. The van der Waals surface area contributed by atoms with Crippen LogP contribution in [0.3, 0.4) is 0 Å². The van der Waals surface area contributed by atoms with Gasteiger partial charge in [-0.05, 0) is 49.2 Å². The Morgan fingerprint density at radius 1 is 1.12 bits per heavy atom. The van der Waals surface area contributed by atoms with Crippen LogP contribution in [0, 0.1) is 13.8 Å². The van der Waals surface area contributed by atoms with E-state index in [4.69, 9.17) is 17.3 Å². The lowest BCUT2D eigenvalue weighted by Crippen LogP contribution is -1.89. The molecule has 4 heteroatoms. The first-order chi connectivity index (χ1) is 8.04. The molecule has 0 radical (unpaired) electrons. The van der Waals surface area contributed by atoms with Crippen molar-refractivity contribution in [1.29, 1.82) is 0 Å². The highest BCUT2D eigenvalue weighted by Crippen LogP contribution is 2.29. The first-order valence-corrected chi connectivity index (χ1v) is 6.42. The Bertz CT molecular complexity index is 535. The second-order valence-corrected chi connectivity index (χ2v) is 5.39. The maximum absolute atomic E-state index is 5.87. The Balaban J connectivity index is 2.28. The highest BCUT2D eigenvalue weighted by atomic mass is 35.5. The van der Waals surface area contributed by atoms with Gasteiger partial charge in [0.05, 0.1) is 0 Å². The summed E-state index contributed by atoms with van der Waals surface area (Å²) >= 11 is 7.43. The van der Waals surface area contributed by atoms with Crippen molar-refractivity contribution in [3.63, 3.8) is 0 Å². The van der Waals surface area contributed by atoms with Crippen LogP contribution in [-0.2, 0) is 0 Å². The molecule has 2 N–H and O–H groups in total. The third kappa shape index (κ3) is 3.14. The van der Waals surface area contributed by atoms with E-state index in [1.54, 1.807) is 17.8 Å². The number of nitrogen functional groups attached to an aromatic ring is 1. The fourth-order valence-electron chi connectivity index (χ4n) is 1.44. The first kappa shape index (κ1) is 12.3. The molecule has 0 unspecified atom stereocenters. The van der Waals surface area contributed by atoms with Gasteiger partial charge in [-0.1, -0.05) is 29.4 Å². The van der Waals surface area contributed by atoms with E-state index in [9.17, 15) is 0 Å². The zero-order valence-corrected chi connectivity index (χ0v) is 11.3. The Labute approximate surface area is 110 Å². The van der Waals surface area contributed by atoms with Crippen molar-refractivity contribution in [2.24, 2.45) is 0 Å². The van der Waals surface area contributed by atoms with Crippen molar-refractivity contribution in [1.82, 2.24) is 4.98 Å². The fourth-order valence-corrected chi connectivity index (χ4v) is 2.66. The third-order valence-electron chi connectivity index (χ3n) is 2.49. The smallest absolute Gasteiger partial charge is 0.132 e. The third-order valence-corrected chi connectivity index (χ3v) is 3.60. The van der Waals surface area contributed by atoms with Crippen molar-refractivity contribution < 1.29 is 0 Å². The minimum absolute atomic E-state index is 0.427. The molecule has 2 nitrogen and oxygen atoms in total. The summed E-state index contributed by atoms with van der Waals surface area (Å²) in [6.07, 6.45) is 0. The zero-order valence-electron chi connectivity index (χ0n) is 9.70. The molecular weight excluding hydrogens is 252 g/mol. The van der Waals surface area contributed by atoms with Crippen molar-refractivity contribution in [3.8, 4) is 0 Å². The number of hydrogen-bond acceptors (Lipinski definition) is 3. The lowest BCUT2D eigenvalue weighted by molar-refractivity contribution is 1.13. The Morgan fingerprint density at radius 2 is 1.88 bits per heavy atom. The maximum Gasteiger partial charge on any atom is 0.132 e. The van der Waals surface area contributed by atoms with E-state index in [2.05, 4.69) is 37.0 Å². The average Bonchev–Trinajstić information content (AvgIpc) is 2.22. The van der Waals surface area contributed by atoms with Gasteiger partial charge in [-0.25, -0.2) is 4.98 Å². The number of hydrogen-bond donors (Lipinski definition) is 1. The van der Waals surface area contributed by atoms with E-state index in [1.807, 2.05) is 6.07 Å². The summed E-state index contributed by atoms with van der Waals surface area (Å²) in [4.78, 5) is 5.37. The van der Waals surface area contributed by atoms with Crippen LogP contribution in [0.25, 0.3) is 0 Å². The summed E-state index contributed by atoms with van der Waals surface area (Å²) in [6.45, 7) is 4.19. The lowest BCUT2D eigenvalue weighted by Gasteiger charge is -2.05. The predicted octanol–water partition coefficient (Wildman–Crippen LogP) is 4.09. The van der Waals surface area contributed by atoms with E-state index >= 15 is 0 Å². The largest absolute Gasteiger partial charge is 0.399 e. The molecule has 0 saturated carbocycles. The van der Waals surface area contributed by atoms with Gasteiger partial charge in [0.15, 0.2) is 0 Å². The van der Waals surface area contributed by atoms with E-state index in [-0.39, 0.29) is 0 Å². The monoisotopic (exact) mass is 264 g/mol. The maximum atomic E-state index is 5.87. The van der Waals surface area contributed by atoms with E-state index < -0.39 is 0 Å². The molecule has 1 heterocycles. The number of nitrogens with zero attached hydrogens (tertiary/aromatic N) is 1. The molecule has 0 fully saturated rings. The van der Waals surface area contributed by atoms with Crippen LogP contribution < -0.4 is 5.73 Å². The van der Waals surface area contributed by atoms with Gasteiger partial charge in [-0.3, -0.25) is 0 Å². The van der Waals surface area contributed by atoms with Gasteiger partial charge in [0.1, 0.15) is 10.2 Å². The normalized spacial score (nSPS) is 10.5.